The van der Waals surface area contributed by atoms with Gasteiger partial charge < -0.3 is 19.8 Å². The molecule has 182 valence electrons. The molecule has 33 heavy (non-hydrogen) atoms. The Kier molecular flexibility index (Phi) is 10.2. The van der Waals surface area contributed by atoms with Crippen LogP contribution in [-0.4, -0.2) is 46.5 Å². The summed E-state index contributed by atoms with van der Waals surface area (Å²) in [5.74, 6) is 0.768. The van der Waals surface area contributed by atoms with E-state index in [1.165, 1.54) is 0 Å². The minimum atomic E-state index is -0.161. The summed E-state index contributed by atoms with van der Waals surface area (Å²) in [4.78, 5) is 42.2. The van der Waals surface area contributed by atoms with Gasteiger partial charge in [0.25, 0.3) is 11.5 Å². The number of rotatable bonds is 5. The van der Waals surface area contributed by atoms with E-state index < -0.39 is 0 Å². The summed E-state index contributed by atoms with van der Waals surface area (Å²) in [7, 11) is 0. The van der Waals surface area contributed by atoms with Gasteiger partial charge in [-0.2, -0.15) is 0 Å². The van der Waals surface area contributed by atoms with Gasteiger partial charge in [-0.25, -0.2) is 0 Å². The van der Waals surface area contributed by atoms with E-state index >= 15 is 0 Å². The third-order valence-electron chi connectivity index (χ3n) is 6.72. The zero-order chi connectivity index (χ0) is 21.8. The van der Waals surface area contributed by atoms with Crippen LogP contribution in [0.4, 0.5) is 0 Å². The topological polar surface area (TPSA) is 87.2 Å². The number of piperidine rings is 2. The van der Waals surface area contributed by atoms with E-state index in [4.69, 9.17) is 0 Å². The van der Waals surface area contributed by atoms with Crippen LogP contribution >= 0.6 is 24.8 Å². The fraction of sp³-hybridized carbons (Fsp3) is 0.542. The molecule has 2 aliphatic rings. The molecule has 9 heteroatoms. The summed E-state index contributed by atoms with van der Waals surface area (Å²) in [6, 6.07) is 5.32. The Balaban J connectivity index is 0.00000193. The smallest absolute Gasteiger partial charge is 0.263 e. The van der Waals surface area contributed by atoms with Crippen molar-refractivity contribution >= 4 is 30.7 Å². The zero-order valence-corrected chi connectivity index (χ0v) is 20.7. The van der Waals surface area contributed by atoms with Gasteiger partial charge in [0, 0.05) is 38.1 Å². The molecular weight excluding hydrogens is 463 g/mol. The first-order valence-electron chi connectivity index (χ1n) is 11.4. The van der Waals surface area contributed by atoms with Crippen molar-refractivity contribution in [2.24, 2.45) is 11.8 Å². The first-order valence-corrected chi connectivity index (χ1v) is 11.4. The summed E-state index contributed by atoms with van der Waals surface area (Å²) < 4.78 is 1.72. The number of halogens is 2. The molecule has 2 aromatic heterocycles. The lowest BCUT2D eigenvalue weighted by Gasteiger charge is -2.32. The summed E-state index contributed by atoms with van der Waals surface area (Å²) in [5.41, 5.74) is 1.94. The van der Waals surface area contributed by atoms with Crippen molar-refractivity contribution in [3.05, 3.63) is 68.0 Å². The molecule has 7 nitrogen and oxygen atoms in total. The molecular formula is C24H34Cl2N4O3. The molecule has 2 aliphatic heterocycles. The highest BCUT2D eigenvalue weighted by atomic mass is 35.5. The maximum absolute atomic E-state index is 13.2. The van der Waals surface area contributed by atoms with E-state index in [1.807, 2.05) is 30.2 Å². The van der Waals surface area contributed by atoms with Gasteiger partial charge in [-0.3, -0.25) is 14.4 Å². The van der Waals surface area contributed by atoms with Gasteiger partial charge in [-0.15, -0.1) is 24.8 Å². The summed E-state index contributed by atoms with van der Waals surface area (Å²) in [6.45, 7) is 5.80. The number of nitrogens with one attached hydrogen (secondary N) is 2. The van der Waals surface area contributed by atoms with Crippen LogP contribution in [0.5, 0.6) is 0 Å². The van der Waals surface area contributed by atoms with Crippen molar-refractivity contribution < 1.29 is 4.79 Å². The number of pyridine rings is 2. The summed E-state index contributed by atoms with van der Waals surface area (Å²) >= 11 is 0. The normalized spacial score (nSPS) is 18.8. The predicted octanol–water partition coefficient (Wildman–Crippen LogP) is 2.78. The highest BCUT2D eigenvalue weighted by molar-refractivity contribution is 5.95. The molecule has 1 atom stereocenters. The molecule has 1 amide bonds. The van der Waals surface area contributed by atoms with Crippen LogP contribution in [0.15, 0.2) is 40.2 Å². The van der Waals surface area contributed by atoms with Gasteiger partial charge in [-0.1, -0.05) is 6.07 Å². The lowest BCUT2D eigenvalue weighted by Crippen LogP contribution is -2.43. The number of hydrogen-bond donors (Lipinski definition) is 2. The predicted molar refractivity (Wildman–Crippen MR) is 135 cm³/mol. The minimum Gasteiger partial charge on any atom is -0.338 e. The SMILES string of the molecule is Cc1ccn(CC2CCCNC2)c(=O)c1C(=O)N1CCC(Cc2ccc(=O)[nH]c2)CC1.Cl.Cl. The Labute approximate surface area is 206 Å². The Morgan fingerprint density at radius 2 is 1.82 bits per heavy atom. The molecule has 0 bridgehead atoms. The molecule has 2 saturated heterocycles. The van der Waals surface area contributed by atoms with Gasteiger partial charge in [0.1, 0.15) is 5.56 Å². The van der Waals surface area contributed by atoms with Crippen LogP contribution in [0.3, 0.4) is 0 Å². The maximum Gasteiger partial charge on any atom is 0.263 e. The Morgan fingerprint density at radius 1 is 1.06 bits per heavy atom. The standard InChI is InChI=1S/C24H32N4O3.2ClH/c1-17-6-10-28(16-20-3-2-9-25-14-20)24(31)22(17)23(30)27-11-7-18(8-12-27)13-19-4-5-21(29)26-15-19;;/h4-6,10,15,18,20,25H,2-3,7-9,11-14,16H2,1H3,(H,26,29);2*1H. The number of carbonyl (C=O) groups is 1. The van der Waals surface area contributed by atoms with Crippen molar-refractivity contribution in [3.63, 3.8) is 0 Å². The second-order valence-corrected chi connectivity index (χ2v) is 9.04. The molecule has 0 aliphatic carbocycles. The van der Waals surface area contributed by atoms with E-state index in [1.54, 1.807) is 16.8 Å². The second-order valence-electron chi connectivity index (χ2n) is 9.04. The van der Waals surface area contributed by atoms with Crippen molar-refractivity contribution in [2.75, 3.05) is 26.2 Å². The molecule has 2 fully saturated rings. The number of amides is 1. The van der Waals surface area contributed by atoms with Crippen LogP contribution in [0.25, 0.3) is 0 Å². The zero-order valence-electron chi connectivity index (χ0n) is 19.0. The molecule has 0 aromatic carbocycles. The average Bonchev–Trinajstić information content (AvgIpc) is 2.78. The number of aromatic nitrogens is 2. The van der Waals surface area contributed by atoms with Crippen molar-refractivity contribution in [1.82, 2.24) is 19.8 Å². The molecule has 0 spiro atoms. The molecule has 4 heterocycles. The number of H-pyrrole nitrogens is 1. The monoisotopic (exact) mass is 496 g/mol. The van der Waals surface area contributed by atoms with E-state index in [0.717, 1.165) is 56.3 Å². The van der Waals surface area contributed by atoms with Gasteiger partial charge in [0.15, 0.2) is 0 Å². The number of nitrogens with zero attached hydrogens (tertiary/aromatic N) is 2. The van der Waals surface area contributed by atoms with Gasteiger partial charge in [0.05, 0.1) is 0 Å². The lowest BCUT2D eigenvalue weighted by atomic mass is 9.90. The minimum absolute atomic E-state index is 0. The van der Waals surface area contributed by atoms with Crippen LogP contribution in [0.2, 0.25) is 0 Å². The maximum atomic E-state index is 13.2. The quantitative estimate of drug-likeness (QED) is 0.665. The number of aromatic amines is 1. The fourth-order valence-corrected chi connectivity index (χ4v) is 4.83. The highest BCUT2D eigenvalue weighted by Crippen LogP contribution is 2.22. The summed E-state index contributed by atoms with van der Waals surface area (Å²) in [6.07, 6.45) is 8.55. The number of likely N-dealkylation sites (tertiary alicyclic amines) is 1. The van der Waals surface area contributed by atoms with Crippen LogP contribution in [0, 0.1) is 18.8 Å². The average molecular weight is 497 g/mol. The van der Waals surface area contributed by atoms with Crippen molar-refractivity contribution in [2.45, 2.75) is 45.6 Å². The van der Waals surface area contributed by atoms with Crippen molar-refractivity contribution in [3.8, 4) is 0 Å². The van der Waals surface area contributed by atoms with E-state index in [2.05, 4.69) is 10.3 Å². The number of aryl methyl sites for hydroxylation is 1. The Bertz CT molecular complexity index is 1020. The molecule has 2 aromatic rings. The Hall–Kier alpha value is -2.09. The van der Waals surface area contributed by atoms with Crippen LogP contribution < -0.4 is 16.4 Å². The number of hydrogen-bond acceptors (Lipinski definition) is 4. The summed E-state index contributed by atoms with van der Waals surface area (Å²) in [5, 5.41) is 3.39. The molecule has 1 unspecified atom stereocenters. The van der Waals surface area contributed by atoms with Gasteiger partial charge >= 0.3 is 0 Å². The first kappa shape index (κ1) is 27.2. The van der Waals surface area contributed by atoms with E-state index in [0.29, 0.717) is 37.0 Å². The van der Waals surface area contributed by atoms with Crippen LogP contribution in [-0.2, 0) is 13.0 Å². The van der Waals surface area contributed by atoms with Gasteiger partial charge in [-0.05, 0) is 81.1 Å². The third kappa shape index (κ3) is 6.71. The lowest BCUT2D eigenvalue weighted by molar-refractivity contribution is 0.0687. The fourth-order valence-electron chi connectivity index (χ4n) is 4.83. The second kappa shape index (κ2) is 12.4. The third-order valence-corrected chi connectivity index (χ3v) is 6.72. The van der Waals surface area contributed by atoms with E-state index in [-0.39, 0.29) is 41.8 Å². The largest absolute Gasteiger partial charge is 0.338 e. The first-order chi connectivity index (χ1) is 15.0. The van der Waals surface area contributed by atoms with Gasteiger partial charge in [0.2, 0.25) is 5.56 Å². The molecule has 2 N–H and O–H groups in total. The molecule has 4 rings (SSSR count). The van der Waals surface area contributed by atoms with E-state index in [9.17, 15) is 14.4 Å². The van der Waals surface area contributed by atoms with Crippen molar-refractivity contribution in [1.29, 1.82) is 0 Å². The highest BCUT2D eigenvalue weighted by Gasteiger charge is 2.27. The molecule has 0 radical (unpaired) electrons. The molecule has 0 saturated carbocycles. The number of carbonyl (C=O) groups excluding carboxylic acids is 1. The van der Waals surface area contributed by atoms with Crippen LogP contribution in [0.1, 0.15) is 47.2 Å². The Morgan fingerprint density at radius 3 is 2.45 bits per heavy atom.